The van der Waals surface area contributed by atoms with Crippen LogP contribution in [0.25, 0.3) is 0 Å². The van der Waals surface area contributed by atoms with Crippen molar-refractivity contribution < 1.29 is 23.7 Å². The third-order valence-corrected chi connectivity index (χ3v) is 4.39. The lowest BCUT2D eigenvalue weighted by Gasteiger charge is -2.21. The van der Waals surface area contributed by atoms with E-state index in [1.54, 1.807) is 0 Å². The summed E-state index contributed by atoms with van der Waals surface area (Å²) in [5, 5.41) is 6.57. The molecule has 1 heterocycles. The summed E-state index contributed by atoms with van der Waals surface area (Å²) in [5.41, 5.74) is 0.984. The largest absolute Gasteiger partial charge is 0.460 e. The zero-order valence-electron chi connectivity index (χ0n) is 17.3. The van der Waals surface area contributed by atoms with Crippen LogP contribution in [0.4, 0.5) is 0 Å². The Kier molecular flexibility index (Phi) is 13.3. The van der Waals surface area contributed by atoms with Gasteiger partial charge in [0.2, 0.25) is 0 Å². The first kappa shape index (κ1) is 23.7. The topological polar surface area (TPSA) is 81.3 Å². The molecule has 8 heteroatoms. The molecular weight excluding hydrogens is 374 g/mol. The molecule has 164 valence electrons. The molecule has 1 aliphatic rings. The standard InChI is InChI=1S/C21H35N3O5/c25-21(29-19-20-4-2-1-3-5-20)18-24-10-16-27-14-8-22-6-12-26-13-7-23-9-15-28-17-11-24/h1-5,22-23H,6-19H2. The lowest BCUT2D eigenvalue weighted by molar-refractivity contribution is -0.146. The molecule has 1 aliphatic heterocycles. The highest BCUT2D eigenvalue weighted by molar-refractivity contribution is 5.71. The Morgan fingerprint density at radius 3 is 1.90 bits per heavy atom. The Bertz CT molecular complexity index is 514. The Morgan fingerprint density at radius 2 is 1.34 bits per heavy atom. The van der Waals surface area contributed by atoms with Crippen LogP contribution in [0, 0.1) is 0 Å². The molecule has 8 nitrogen and oxygen atoms in total. The predicted octanol–water partition coefficient (Wildman–Crippen LogP) is 0.274. The molecule has 0 aromatic heterocycles. The van der Waals surface area contributed by atoms with E-state index in [0.717, 1.165) is 31.7 Å². The molecule has 1 aromatic carbocycles. The third-order valence-electron chi connectivity index (χ3n) is 4.39. The van der Waals surface area contributed by atoms with Crippen molar-refractivity contribution in [3.05, 3.63) is 35.9 Å². The molecule has 1 saturated heterocycles. The normalized spacial score (nSPS) is 19.7. The molecule has 1 aromatic rings. The van der Waals surface area contributed by atoms with Crippen molar-refractivity contribution in [2.24, 2.45) is 0 Å². The molecule has 0 radical (unpaired) electrons. The summed E-state index contributed by atoms with van der Waals surface area (Å²) in [6.07, 6.45) is 0. The highest BCUT2D eigenvalue weighted by Gasteiger charge is 2.12. The van der Waals surface area contributed by atoms with Crippen LogP contribution in [-0.4, -0.2) is 96.3 Å². The van der Waals surface area contributed by atoms with Crippen LogP contribution >= 0.6 is 0 Å². The van der Waals surface area contributed by atoms with Crippen LogP contribution < -0.4 is 10.6 Å². The molecule has 0 aliphatic carbocycles. The molecule has 0 bridgehead atoms. The summed E-state index contributed by atoms with van der Waals surface area (Å²) >= 11 is 0. The van der Waals surface area contributed by atoms with E-state index in [0.29, 0.717) is 59.3 Å². The lowest BCUT2D eigenvalue weighted by Crippen LogP contribution is -2.37. The number of hydrogen-bond acceptors (Lipinski definition) is 8. The molecule has 2 rings (SSSR count). The fraction of sp³-hybridized carbons (Fsp3) is 0.667. The number of ether oxygens (including phenoxy) is 4. The number of carbonyl (C=O) groups is 1. The summed E-state index contributed by atoms with van der Waals surface area (Å²) in [6, 6.07) is 9.70. The fourth-order valence-electron chi connectivity index (χ4n) is 2.76. The second-order valence-corrected chi connectivity index (χ2v) is 6.76. The summed E-state index contributed by atoms with van der Waals surface area (Å²) < 4.78 is 22.3. The van der Waals surface area contributed by atoms with Gasteiger partial charge in [0.05, 0.1) is 46.2 Å². The molecule has 0 atom stereocenters. The maximum atomic E-state index is 12.2. The first-order valence-corrected chi connectivity index (χ1v) is 10.4. The third kappa shape index (κ3) is 12.6. The number of benzene rings is 1. The Hall–Kier alpha value is -1.55. The Morgan fingerprint density at radius 1 is 0.828 bits per heavy atom. The van der Waals surface area contributed by atoms with Crippen LogP contribution in [0.15, 0.2) is 30.3 Å². The second-order valence-electron chi connectivity index (χ2n) is 6.76. The summed E-state index contributed by atoms with van der Waals surface area (Å²) in [7, 11) is 0. The number of nitrogens with one attached hydrogen (secondary N) is 2. The van der Waals surface area contributed by atoms with Crippen molar-refractivity contribution in [2.75, 3.05) is 85.5 Å². The van der Waals surface area contributed by atoms with Gasteiger partial charge in [-0.3, -0.25) is 9.69 Å². The minimum atomic E-state index is -0.237. The maximum Gasteiger partial charge on any atom is 0.320 e. The summed E-state index contributed by atoms with van der Waals surface area (Å²) in [4.78, 5) is 14.3. The number of hydrogen-bond donors (Lipinski definition) is 2. The van der Waals surface area contributed by atoms with Gasteiger partial charge in [-0.25, -0.2) is 0 Å². The van der Waals surface area contributed by atoms with Gasteiger partial charge in [-0.2, -0.15) is 0 Å². The van der Waals surface area contributed by atoms with Crippen molar-refractivity contribution in [2.45, 2.75) is 6.61 Å². The molecule has 1 fully saturated rings. The molecule has 0 unspecified atom stereocenters. The molecular formula is C21H35N3O5. The van der Waals surface area contributed by atoms with E-state index in [2.05, 4.69) is 10.6 Å². The zero-order chi connectivity index (χ0) is 20.4. The molecule has 29 heavy (non-hydrogen) atoms. The highest BCUT2D eigenvalue weighted by Crippen LogP contribution is 2.01. The van der Waals surface area contributed by atoms with Gasteiger partial charge in [0.1, 0.15) is 6.61 Å². The average Bonchev–Trinajstić information content (AvgIpc) is 2.74. The average molecular weight is 410 g/mol. The van der Waals surface area contributed by atoms with Crippen molar-refractivity contribution in [1.82, 2.24) is 15.5 Å². The van der Waals surface area contributed by atoms with E-state index in [1.807, 2.05) is 35.2 Å². The van der Waals surface area contributed by atoms with Crippen LogP contribution in [0.2, 0.25) is 0 Å². The minimum Gasteiger partial charge on any atom is -0.460 e. The molecule has 0 amide bonds. The fourth-order valence-corrected chi connectivity index (χ4v) is 2.76. The van der Waals surface area contributed by atoms with Gasteiger partial charge in [-0.15, -0.1) is 0 Å². The zero-order valence-corrected chi connectivity index (χ0v) is 17.3. The van der Waals surface area contributed by atoms with Gasteiger partial charge < -0.3 is 29.6 Å². The van der Waals surface area contributed by atoms with Gasteiger partial charge in [-0.05, 0) is 5.56 Å². The smallest absolute Gasteiger partial charge is 0.320 e. The quantitative estimate of drug-likeness (QED) is 0.687. The molecule has 0 saturated carbocycles. The monoisotopic (exact) mass is 409 g/mol. The highest BCUT2D eigenvalue weighted by atomic mass is 16.5. The minimum absolute atomic E-state index is 0.230. The van der Waals surface area contributed by atoms with Crippen LogP contribution in [-0.2, 0) is 30.3 Å². The van der Waals surface area contributed by atoms with Gasteiger partial charge in [0, 0.05) is 39.3 Å². The number of rotatable bonds is 4. The first-order valence-electron chi connectivity index (χ1n) is 10.4. The number of nitrogens with zero attached hydrogens (tertiary/aromatic N) is 1. The van der Waals surface area contributed by atoms with Crippen molar-refractivity contribution in [3.8, 4) is 0 Å². The predicted molar refractivity (Wildman–Crippen MR) is 111 cm³/mol. The van der Waals surface area contributed by atoms with E-state index >= 15 is 0 Å². The Labute approximate surface area is 173 Å². The summed E-state index contributed by atoms with van der Waals surface area (Å²) in [5.74, 6) is -0.237. The van der Waals surface area contributed by atoms with Gasteiger partial charge in [0.15, 0.2) is 0 Å². The van der Waals surface area contributed by atoms with Gasteiger partial charge in [-0.1, -0.05) is 30.3 Å². The van der Waals surface area contributed by atoms with Gasteiger partial charge in [0.25, 0.3) is 0 Å². The van der Waals surface area contributed by atoms with E-state index < -0.39 is 0 Å². The number of esters is 1. The Balaban J connectivity index is 1.71. The van der Waals surface area contributed by atoms with Crippen molar-refractivity contribution in [3.63, 3.8) is 0 Å². The van der Waals surface area contributed by atoms with Gasteiger partial charge >= 0.3 is 5.97 Å². The molecule has 2 N–H and O–H groups in total. The van der Waals surface area contributed by atoms with E-state index in [1.165, 1.54) is 0 Å². The summed E-state index contributed by atoms with van der Waals surface area (Å²) in [6.45, 7) is 8.79. The van der Waals surface area contributed by atoms with Crippen LogP contribution in [0.5, 0.6) is 0 Å². The maximum absolute atomic E-state index is 12.2. The van der Waals surface area contributed by atoms with Crippen LogP contribution in [0.3, 0.4) is 0 Å². The van der Waals surface area contributed by atoms with Crippen molar-refractivity contribution in [1.29, 1.82) is 0 Å². The molecule has 0 spiro atoms. The second kappa shape index (κ2) is 16.3. The van der Waals surface area contributed by atoms with E-state index in [-0.39, 0.29) is 12.5 Å². The van der Waals surface area contributed by atoms with E-state index in [4.69, 9.17) is 18.9 Å². The SMILES string of the molecule is O=C(CN1CCOCCNCCOCCNCCOCC1)OCc1ccccc1. The van der Waals surface area contributed by atoms with Crippen molar-refractivity contribution >= 4 is 5.97 Å². The van der Waals surface area contributed by atoms with E-state index in [9.17, 15) is 4.79 Å². The van der Waals surface area contributed by atoms with Crippen LogP contribution in [0.1, 0.15) is 5.56 Å². The lowest BCUT2D eigenvalue weighted by atomic mass is 10.2. The number of carbonyl (C=O) groups excluding carboxylic acids is 1. The first-order chi connectivity index (χ1) is 14.3.